The van der Waals surface area contributed by atoms with E-state index in [2.05, 4.69) is 12.1 Å². The van der Waals surface area contributed by atoms with E-state index in [1.54, 1.807) is 0 Å². The van der Waals surface area contributed by atoms with Crippen LogP contribution in [0.3, 0.4) is 0 Å². The molecule has 3 rings (SSSR count). The normalized spacial score (nSPS) is 15.4. The molecule has 0 amide bonds. The Labute approximate surface area is 120 Å². The Bertz CT molecular complexity index is 525. The predicted octanol–water partition coefficient (Wildman–Crippen LogP) is 4.31. The van der Waals surface area contributed by atoms with E-state index in [0.29, 0.717) is 5.92 Å². The maximum absolute atomic E-state index is 6.21. The SMILES string of the molecule is Cl.N[C@H](c1cccc(Oc2ccccc2)c1)C1CC1. The summed E-state index contributed by atoms with van der Waals surface area (Å²) in [6, 6.07) is 18.1. The summed E-state index contributed by atoms with van der Waals surface area (Å²) in [5.74, 6) is 2.38. The zero-order valence-corrected chi connectivity index (χ0v) is 11.5. The fourth-order valence-electron chi connectivity index (χ4n) is 2.14. The molecule has 1 aliphatic carbocycles. The molecule has 2 aromatic rings. The topological polar surface area (TPSA) is 35.2 Å². The first kappa shape index (κ1) is 13.9. The molecule has 1 fully saturated rings. The van der Waals surface area contributed by atoms with E-state index in [1.165, 1.54) is 18.4 Å². The van der Waals surface area contributed by atoms with Gasteiger partial charge >= 0.3 is 0 Å². The number of para-hydroxylation sites is 1. The second-order valence-electron chi connectivity index (χ2n) is 4.85. The Morgan fingerprint density at radius 3 is 2.32 bits per heavy atom. The lowest BCUT2D eigenvalue weighted by Crippen LogP contribution is -2.12. The van der Waals surface area contributed by atoms with Crippen molar-refractivity contribution in [1.29, 1.82) is 0 Å². The second-order valence-corrected chi connectivity index (χ2v) is 4.85. The van der Waals surface area contributed by atoms with Crippen molar-refractivity contribution in [3.05, 3.63) is 60.2 Å². The van der Waals surface area contributed by atoms with Crippen LogP contribution in [0.5, 0.6) is 11.5 Å². The smallest absolute Gasteiger partial charge is 0.127 e. The summed E-state index contributed by atoms with van der Waals surface area (Å²) < 4.78 is 5.81. The Kier molecular flexibility index (Phi) is 4.46. The van der Waals surface area contributed by atoms with Crippen LogP contribution in [0, 0.1) is 5.92 Å². The zero-order valence-electron chi connectivity index (χ0n) is 10.7. The average Bonchev–Trinajstić information content (AvgIpc) is 3.24. The van der Waals surface area contributed by atoms with Gasteiger partial charge in [-0.25, -0.2) is 0 Å². The average molecular weight is 276 g/mol. The second kappa shape index (κ2) is 6.09. The van der Waals surface area contributed by atoms with Gasteiger partial charge in [0.25, 0.3) is 0 Å². The van der Waals surface area contributed by atoms with Gasteiger partial charge in [0.15, 0.2) is 0 Å². The van der Waals surface area contributed by atoms with Crippen molar-refractivity contribution in [1.82, 2.24) is 0 Å². The maximum Gasteiger partial charge on any atom is 0.127 e. The molecular weight excluding hydrogens is 258 g/mol. The lowest BCUT2D eigenvalue weighted by molar-refractivity contribution is 0.480. The van der Waals surface area contributed by atoms with E-state index >= 15 is 0 Å². The monoisotopic (exact) mass is 275 g/mol. The Hall–Kier alpha value is -1.51. The lowest BCUT2D eigenvalue weighted by Gasteiger charge is -2.12. The molecule has 1 atom stereocenters. The highest BCUT2D eigenvalue weighted by Gasteiger charge is 2.29. The van der Waals surface area contributed by atoms with Crippen molar-refractivity contribution >= 4 is 12.4 Å². The van der Waals surface area contributed by atoms with Gasteiger partial charge in [-0.1, -0.05) is 30.3 Å². The van der Waals surface area contributed by atoms with Crippen LogP contribution in [0.15, 0.2) is 54.6 Å². The molecule has 3 heteroatoms. The van der Waals surface area contributed by atoms with Gasteiger partial charge in [-0.2, -0.15) is 0 Å². The van der Waals surface area contributed by atoms with E-state index in [-0.39, 0.29) is 18.4 Å². The summed E-state index contributed by atoms with van der Waals surface area (Å²) in [6.45, 7) is 0. The predicted molar refractivity (Wildman–Crippen MR) is 79.9 cm³/mol. The van der Waals surface area contributed by atoms with Crippen LogP contribution in [0.4, 0.5) is 0 Å². The molecule has 0 aliphatic heterocycles. The van der Waals surface area contributed by atoms with Crippen LogP contribution in [0.1, 0.15) is 24.4 Å². The molecule has 0 spiro atoms. The Morgan fingerprint density at radius 1 is 0.947 bits per heavy atom. The molecule has 0 aromatic heterocycles. The molecular formula is C16H18ClNO. The molecule has 0 heterocycles. The van der Waals surface area contributed by atoms with Crippen LogP contribution in [0.2, 0.25) is 0 Å². The van der Waals surface area contributed by atoms with Crippen molar-refractivity contribution in [2.75, 3.05) is 0 Å². The molecule has 0 radical (unpaired) electrons. The van der Waals surface area contributed by atoms with Crippen LogP contribution < -0.4 is 10.5 Å². The molecule has 2 aromatic carbocycles. The number of ether oxygens (including phenoxy) is 1. The molecule has 19 heavy (non-hydrogen) atoms. The zero-order chi connectivity index (χ0) is 12.4. The molecule has 0 unspecified atom stereocenters. The third-order valence-electron chi connectivity index (χ3n) is 3.35. The minimum absolute atomic E-state index is 0. The fourth-order valence-corrected chi connectivity index (χ4v) is 2.14. The van der Waals surface area contributed by atoms with Crippen molar-refractivity contribution < 1.29 is 4.74 Å². The minimum atomic E-state index is 0. The van der Waals surface area contributed by atoms with Gasteiger partial charge in [0, 0.05) is 6.04 Å². The summed E-state index contributed by atoms with van der Waals surface area (Å²) in [4.78, 5) is 0. The van der Waals surface area contributed by atoms with E-state index in [9.17, 15) is 0 Å². The number of halogens is 1. The minimum Gasteiger partial charge on any atom is -0.457 e. The highest BCUT2D eigenvalue weighted by Crippen LogP contribution is 2.40. The first-order valence-electron chi connectivity index (χ1n) is 6.41. The van der Waals surface area contributed by atoms with Gasteiger partial charge in [0.05, 0.1) is 0 Å². The Morgan fingerprint density at radius 2 is 1.63 bits per heavy atom. The number of hydrogen-bond acceptors (Lipinski definition) is 2. The van der Waals surface area contributed by atoms with Crippen LogP contribution in [-0.2, 0) is 0 Å². The Balaban J connectivity index is 0.00000133. The van der Waals surface area contributed by atoms with Gasteiger partial charge in [-0.15, -0.1) is 12.4 Å². The van der Waals surface area contributed by atoms with Crippen molar-refractivity contribution in [3.63, 3.8) is 0 Å². The van der Waals surface area contributed by atoms with Crippen LogP contribution >= 0.6 is 12.4 Å². The maximum atomic E-state index is 6.21. The van der Waals surface area contributed by atoms with Crippen LogP contribution in [-0.4, -0.2) is 0 Å². The number of rotatable bonds is 4. The van der Waals surface area contributed by atoms with E-state index in [0.717, 1.165) is 11.5 Å². The number of nitrogens with two attached hydrogens (primary N) is 1. The molecule has 2 N–H and O–H groups in total. The molecule has 0 saturated heterocycles. The molecule has 100 valence electrons. The van der Waals surface area contributed by atoms with E-state index in [4.69, 9.17) is 10.5 Å². The summed E-state index contributed by atoms with van der Waals surface area (Å²) >= 11 is 0. The summed E-state index contributed by atoms with van der Waals surface area (Å²) in [7, 11) is 0. The number of benzene rings is 2. The lowest BCUT2D eigenvalue weighted by atomic mass is 10.0. The van der Waals surface area contributed by atoms with Gasteiger partial charge in [0.2, 0.25) is 0 Å². The van der Waals surface area contributed by atoms with Gasteiger partial charge < -0.3 is 10.5 Å². The van der Waals surface area contributed by atoms with Crippen molar-refractivity contribution in [2.24, 2.45) is 11.7 Å². The number of hydrogen-bond donors (Lipinski definition) is 1. The van der Waals surface area contributed by atoms with Gasteiger partial charge in [-0.3, -0.25) is 0 Å². The molecule has 0 bridgehead atoms. The van der Waals surface area contributed by atoms with Crippen LogP contribution in [0.25, 0.3) is 0 Å². The first-order valence-corrected chi connectivity index (χ1v) is 6.41. The summed E-state index contributed by atoms with van der Waals surface area (Å²) in [6.07, 6.45) is 2.51. The van der Waals surface area contributed by atoms with Crippen molar-refractivity contribution in [2.45, 2.75) is 18.9 Å². The molecule has 2 nitrogen and oxygen atoms in total. The molecule has 1 saturated carbocycles. The standard InChI is InChI=1S/C16H17NO.ClH/c17-16(12-9-10-12)13-5-4-8-15(11-13)18-14-6-2-1-3-7-14;/h1-8,11-12,16H,9-10,17H2;1H/t16-;/m0./s1. The van der Waals surface area contributed by atoms with Gasteiger partial charge in [-0.05, 0) is 48.6 Å². The van der Waals surface area contributed by atoms with Crippen molar-refractivity contribution in [3.8, 4) is 11.5 Å². The first-order chi connectivity index (χ1) is 8.83. The third kappa shape index (κ3) is 3.49. The largest absolute Gasteiger partial charge is 0.457 e. The fraction of sp³-hybridized carbons (Fsp3) is 0.250. The summed E-state index contributed by atoms with van der Waals surface area (Å²) in [5.41, 5.74) is 7.38. The third-order valence-corrected chi connectivity index (χ3v) is 3.35. The van der Waals surface area contributed by atoms with Gasteiger partial charge in [0.1, 0.15) is 11.5 Å². The summed E-state index contributed by atoms with van der Waals surface area (Å²) in [5, 5.41) is 0. The van der Waals surface area contributed by atoms with E-state index in [1.807, 2.05) is 42.5 Å². The highest BCUT2D eigenvalue weighted by atomic mass is 35.5. The van der Waals surface area contributed by atoms with E-state index < -0.39 is 0 Å². The molecule has 1 aliphatic rings. The quantitative estimate of drug-likeness (QED) is 0.902. The highest BCUT2D eigenvalue weighted by molar-refractivity contribution is 5.85.